The van der Waals surface area contributed by atoms with Gasteiger partial charge in [-0.05, 0) is 63.1 Å². The van der Waals surface area contributed by atoms with E-state index in [0.29, 0.717) is 18.0 Å². The van der Waals surface area contributed by atoms with Crippen molar-refractivity contribution in [1.82, 2.24) is 0 Å². The number of carbonyl (C=O) groups excluding carboxylic acids is 3. The third-order valence-electron chi connectivity index (χ3n) is 6.01. The number of esters is 1. The Morgan fingerprint density at radius 2 is 1.68 bits per heavy atom. The maximum atomic E-state index is 13.5. The van der Waals surface area contributed by atoms with E-state index in [1.807, 2.05) is 27.7 Å². The van der Waals surface area contributed by atoms with Gasteiger partial charge in [0.05, 0.1) is 23.9 Å². The molecule has 0 bridgehead atoms. The largest absolute Gasteiger partial charge is 0.465 e. The van der Waals surface area contributed by atoms with Gasteiger partial charge in [0.25, 0.3) is 0 Å². The van der Waals surface area contributed by atoms with E-state index >= 15 is 0 Å². The predicted molar refractivity (Wildman–Crippen MR) is 135 cm³/mol. The van der Waals surface area contributed by atoms with Crippen LogP contribution in [0, 0.1) is 5.92 Å². The van der Waals surface area contributed by atoms with Crippen LogP contribution in [0.25, 0.3) is 0 Å². The molecule has 0 aliphatic heterocycles. The lowest BCUT2D eigenvalue weighted by Crippen LogP contribution is -2.42. The molecule has 0 spiro atoms. The Morgan fingerprint density at radius 1 is 1.03 bits per heavy atom. The van der Waals surface area contributed by atoms with Crippen LogP contribution in [-0.2, 0) is 15.7 Å². The summed E-state index contributed by atoms with van der Waals surface area (Å²) in [4.78, 5) is 38.5. The number of rotatable bonds is 7. The van der Waals surface area contributed by atoms with E-state index in [1.54, 1.807) is 4.90 Å². The first kappa shape index (κ1) is 29.9. The van der Waals surface area contributed by atoms with Crippen molar-refractivity contribution in [1.29, 1.82) is 0 Å². The van der Waals surface area contributed by atoms with Gasteiger partial charge in [-0.25, -0.2) is 4.79 Å². The van der Waals surface area contributed by atoms with E-state index < -0.39 is 23.5 Å². The Bertz CT molecular complexity index is 1090. The summed E-state index contributed by atoms with van der Waals surface area (Å²) < 4.78 is 51.0. The molecule has 0 N–H and O–H groups in total. The molecule has 1 aliphatic rings. The summed E-state index contributed by atoms with van der Waals surface area (Å²) in [5, 5.41) is 0. The van der Waals surface area contributed by atoms with Crippen molar-refractivity contribution in [3.63, 3.8) is 0 Å². The van der Waals surface area contributed by atoms with Crippen molar-refractivity contribution >= 4 is 23.9 Å². The molecule has 2 aromatic carbocycles. The first-order chi connectivity index (χ1) is 17.6. The van der Waals surface area contributed by atoms with Crippen molar-refractivity contribution in [3.05, 3.63) is 53.1 Å². The second-order valence-corrected chi connectivity index (χ2v) is 8.78. The molecule has 3 rings (SSSR count). The van der Waals surface area contributed by atoms with Gasteiger partial charge in [-0.1, -0.05) is 33.1 Å². The number of hydrogen-bond acceptors (Lipinski definition) is 5. The molecule has 202 valence electrons. The topological polar surface area (TPSA) is 72.9 Å². The first-order valence-electron chi connectivity index (χ1n) is 12.5. The van der Waals surface area contributed by atoms with Crippen LogP contribution >= 0.6 is 0 Å². The molecular formula is C28H34F3NO5. The highest BCUT2D eigenvalue weighted by atomic mass is 19.4. The first-order valence-corrected chi connectivity index (χ1v) is 12.5. The number of anilines is 1. The van der Waals surface area contributed by atoms with E-state index in [1.165, 1.54) is 31.4 Å². The number of methoxy groups -OCH3 is 1. The normalized spacial score (nSPS) is 13.9. The molecule has 9 heteroatoms. The molecule has 2 aromatic rings. The lowest BCUT2D eigenvalue weighted by Gasteiger charge is -2.33. The maximum Gasteiger partial charge on any atom is 0.420 e. The Labute approximate surface area is 215 Å². The summed E-state index contributed by atoms with van der Waals surface area (Å²) in [6.45, 7) is 7.66. The van der Waals surface area contributed by atoms with Crippen LogP contribution in [-0.4, -0.2) is 31.3 Å². The number of nitrogens with zero attached hydrogens (tertiary/aromatic N) is 1. The lowest BCUT2D eigenvalue weighted by atomic mass is 9.87. The average Bonchev–Trinajstić information content (AvgIpc) is 2.90. The number of carbonyl (C=O) groups is 3. The molecule has 1 saturated carbocycles. The Hall–Kier alpha value is -3.36. The van der Waals surface area contributed by atoms with Gasteiger partial charge in [-0.3, -0.25) is 9.59 Å². The second kappa shape index (κ2) is 13.3. The third kappa shape index (κ3) is 7.33. The van der Waals surface area contributed by atoms with Gasteiger partial charge < -0.3 is 14.4 Å². The molecule has 1 amide bonds. The molecule has 1 fully saturated rings. The number of amides is 1. The second-order valence-electron chi connectivity index (χ2n) is 8.78. The van der Waals surface area contributed by atoms with Crippen LogP contribution in [0.15, 0.2) is 36.4 Å². The molecule has 0 unspecified atom stereocenters. The van der Waals surface area contributed by atoms with Gasteiger partial charge in [0.2, 0.25) is 5.91 Å². The van der Waals surface area contributed by atoms with Gasteiger partial charge >= 0.3 is 12.1 Å². The minimum atomic E-state index is -4.76. The Balaban J connectivity index is 0.00000235. The van der Waals surface area contributed by atoms with Crippen LogP contribution in [0.3, 0.4) is 0 Å². The quantitative estimate of drug-likeness (QED) is 0.280. The van der Waals surface area contributed by atoms with Gasteiger partial charge in [-0.15, -0.1) is 0 Å². The molecule has 1 aliphatic carbocycles. The number of hydrogen-bond donors (Lipinski definition) is 0. The monoisotopic (exact) mass is 521 g/mol. The van der Waals surface area contributed by atoms with E-state index in [9.17, 15) is 27.6 Å². The number of halogens is 3. The molecule has 0 aromatic heterocycles. The van der Waals surface area contributed by atoms with E-state index in [2.05, 4.69) is 0 Å². The minimum Gasteiger partial charge on any atom is -0.465 e. The average molecular weight is 522 g/mol. The summed E-state index contributed by atoms with van der Waals surface area (Å²) in [6, 6.07) is 6.82. The number of ether oxygens (including phenoxy) is 2. The van der Waals surface area contributed by atoms with Crippen molar-refractivity contribution in [2.75, 3.05) is 12.0 Å². The fraction of sp³-hybridized carbons (Fsp3) is 0.464. The maximum absolute atomic E-state index is 13.5. The molecule has 0 radical (unpaired) electrons. The zero-order valence-corrected chi connectivity index (χ0v) is 21.9. The van der Waals surface area contributed by atoms with Crippen molar-refractivity contribution < 1.29 is 37.0 Å². The SMILES string of the molecule is CC.COC(=O)c1cc(Oc2ccc(C=O)cc2C(F)(F)F)ccc1N(C(=O)C1CCCCC1)C(C)C. The standard InChI is InChI=1S/C26H28F3NO5.C2H6/c1-16(2)30(24(32)18-7-5-4-6-8-18)22-11-10-19(14-20(22)25(33)34-3)35-23-12-9-17(15-31)13-21(23)26(27,28)29;1-2/h9-16,18H,4-8H2,1-3H3;1-2H3. The van der Waals surface area contributed by atoms with Crippen molar-refractivity contribution in [2.24, 2.45) is 5.92 Å². The van der Waals surface area contributed by atoms with Gasteiger partial charge in [0.1, 0.15) is 17.8 Å². The van der Waals surface area contributed by atoms with Gasteiger partial charge in [-0.2, -0.15) is 13.2 Å². The molecule has 0 saturated heterocycles. The fourth-order valence-corrected chi connectivity index (χ4v) is 4.32. The molecule has 0 heterocycles. The molecule has 6 nitrogen and oxygen atoms in total. The van der Waals surface area contributed by atoms with E-state index in [0.717, 1.165) is 38.2 Å². The van der Waals surface area contributed by atoms with Gasteiger partial charge in [0, 0.05) is 17.5 Å². The minimum absolute atomic E-state index is 0.000861. The molecule has 37 heavy (non-hydrogen) atoms. The number of benzene rings is 2. The third-order valence-corrected chi connectivity index (χ3v) is 6.01. The zero-order valence-electron chi connectivity index (χ0n) is 21.9. The van der Waals surface area contributed by atoms with Crippen LogP contribution in [0.2, 0.25) is 0 Å². The number of alkyl halides is 3. The highest BCUT2D eigenvalue weighted by Crippen LogP contribution is 2.40. The van der Waals surface area contributed by atoms with E-state index in [4.69, 9.17) is 9.47 Å². The smallest absolute Gasteiger partial charge is 0.420 e. The summed E-state index contributed by atoms with van der Waals surface area (Å²) in [7, 11) is 1.18. The lowest BCUT2D eigenvalue weighted by molar-refractivity contribution is -0.138. The highest BCUT2D eigenvalue weighted by Gasteiger charge is 2.35. The van der Waals surface area contributed by atoms with Crippen LogP contribution in [0.1, 0.15) is 86.1 Å². The fourth-order valence-electron chi connectivity index (χ4n) is 4.32. The Kier molecular flexibility index (Phi) is 10.7. The summed E-state index contributed by atoms with van der Waals surface area (Å²) in [5.41, 5.74) is -0.964. The Morgan fingerprint density at radius 3 is 2.22 bits per heavy atom. The highest BCUT2D eigenvalue weighted by molar-refractivity contribution is 6.04. The summed E-state index contributed by atoms with van der Waals surface area (Å²) in [5.74, 6) is -1.57. The number of aldehydes is 1. The van der Waals surface area contributed by atoms with Gasteiger partial charge in [0.15, 0.2) is 0 Å². The summed E-state index contributed by atoms with van der Waals surface area (Å²) in [6.07, 6.45) is 0.0976. The predicted octanol–water partition coefficient (Wildman–Crippen LogP) is 7.44. The van der Waals surface area contributed by atoms with Crippen LogP contribution in [0.4, 0.5) is 18.9 Å². The van der Waals surface area contributed by atoms with Crippen molar-refractivity contribution in [2.45, 2.75) is 72.0 Å². The van der Waals surface area contributed by atoms with Crippen molar-refractivity contribution in [3.8, 4) is 11.5 Å². The zero-order chi connectivity index (χ0) is 27.8. The summed E-state index contributed by atoms with van der Waals surface area (Å²) >= 11 is 0. The molecular weight excluding hydrogens is 487 g/mol. The molecule has 0 atom stereocenters. The van der Waals surface area contributed by atoms with E-state index in [-0.39, 0.29) is 34.7 Å². The van der Waals surface area contributed by atoms with Crippen LogP contribution in [0.5, 0.6) is 11.5 Å². The van der Waals surface area contributed by atoms with Crippen LogP contribution < -0.4 is 9.64 Å².